The van der Waals surface area contributed by atoms with Crippen LogP contribution in [0.2, 0.25) is 0 Å². The van der Waals surface area contributed by atoms with Crippen molar-refractivity contribution in [2.75, 3.05) is 31.6 Å². The van der Waals surface area contributed by atoms with E-state index in [9.17, 15) is 13.2 Å². The van der Waals surface area contributed by atoms with E-state index < -0.39 is 10.0 Å². The summed E-state index contributed by atoms with van der Waals surface area (Å²) in [5, 5.41) is 0. The molecule has 2 heterocycles. The highest BCUT2D eigenvalue weighted by molar-refractivity contribution is 9.10. The van der Waals surface area contributed by atoms with Crippen molar-refractivity contribution in [2.45, 2.75) is 30.6 Å². The monoisotopic (exact) mass is 492 g/mol. The number of aryl methyl sites for hydroxylation is 1. The second-order valence-electron chi connectivity index (χ2n) is 7.74. The number of sulfonamides is 1. The van der Waals surface area contributed by atoms with Crippen LogP contribution < -0.4 is 9.64 Å². The number of amides is 1. The molecule has 4 rings (SSSR count). The fourth-order valence-corrected chi connectivity index (χ4v) is 6.06. The number of fused-ring (bicyclic) bond motifs is 1. The number of hydrogen-bond acceptors (Lipinski definition) is 4. The first kappa shape index (κ1) is 21.3. The molecule has 160 valence electrons. The molecule has 2 aromatic rings. The molecule has 1 atom stereocenters. The lowest BCUT2D eigenvalue weighted by molar-refractivity contribution is -0.123. The Hall–Kier alpha value is -1.90. The van der Waals surface area contributed by atoms with Crippen LogP contribution >= 0.6 is 15.9 Å². The van der Waals surface area contributed by atoms with Gasteiger partial charge in [-0.05, 0) is 73.7 Å². The Balaban J connectivity index is 1.54. The summed E-state index contributed by atoms with van der Waals surface area (Å²) >= 11 is 3.34. The van der Waals surface area contributed by atoms with E-state index in [1.807, 2.05) is 23.1 Å². The third-order valence-electron chi connectivity index (χ3n) is 5.86. The minimum atomic E-state index is -3.62. The van der Waals surface area contributed by atoms with Crippen LogP contribution in [0.25, 0.3) is 0 Å². The smallest absolute Gasteiger partial charge is 0.243 e. The van der Waals surface area contributed by atoms with Gasteiger partial charge in [-0.25, -0.2) is 8.42 Å². The van der Waals surface area contributed by atoms with Crippen molar-refractivity contribution in [3.8, 4) is 5.75 Å². The van der Waals surface area contributed by atoms with Gasteiger partial charge in [0.15, 0.2) is 0 Å². The summed E-state index contributed by atoms with van der Waals surface area (Å²) in [6, 6.07) is 12.4. The van der Waals surface area contributed by atoms with Crippen LogP contribution in [0, 0.1) is 5.92 Å². The topological polar surface area (TPSA) is 66.9 Å². The van der Waals surface area contributed by atoms with Crippen molar-refractivity contribution in [3.05, 3.63) is 52.5 Å². The molecule has 0 spiro atoms. The summed E-state index contributed by atoms with van der Waals surface area (Å²) in [5.41, 5.74) is 2.02. The molecule has 0 unspecified atom stereocenters. The normalized spacial score (nSPS) is 19.9. The Morgan fingerprint density at radius 1 is 1.10 bits per heavy atom. The molecule has 2 aromatic carbocycles. The van der Waals surface area contributed by atoms with Gasteiger partial charge in [0.1, 0.15) is 5.75 Å². The van der Waals surface area contributed by atoms with E-state index in [1.54, 1.807) is 31.4 Å². The first-order valence-corrected chi connectivity index (χ1v) is 12.4. The van der Waals surface area contributed by atoms with Crippen molar-refractivity contribution in [2.24, 2.45) is 5.92 Å². The molecule has 0 radical (unpaired) electrons. The van der Waals surface area contributed by atoms with Gasteiger partial charge in [-0.1, -0.05) is 15.9 Å². The van der Waals surface area contributed by atoms with Gasteiger partial charge >= 0.3 is 0 Å². The summed E-state index contributed by atoms with van der Waals surface area (Å²) in [7, 11) is -1.99. The largest absolute Gasteiger partial charge is 0.497 e. The Labute approximate surface area is 186 Å². The van der Waals surface area contributed by atoms with Crippen LogP contribution in [-0.2, 0) is 21.2 Å². The number of anilines is 1. The average Bonchev–Trinajstić information content (AvgIpc) is 2.78. The zero-order valence-electron chi connectivity index (χ0n) is 16.9. The van der Waals surface area contributed by atoms with Crippen LogP contribution in [0.5, 0.6) is 5.75 Å². The third kappa shape index (κ3) is 4.13. The van der Waals surface area contributed by atoms with Crippen molar-refractivity contribution < 1.29 is 17.9 Å². The van der Waals surface area contributed by atoms with E-state index in [1.165, 1.54) is 4.31 Å². The molecule has 2 aliphatic heterocycles. The first-order chi connectivity index (χ1) is 14.4. The predicted octanol–water partition coefficient (Wildman–Crippen LogP) is 3.84. The molecule has 0 aromatic heterocycles. The van der Waals surface area contributed by atoms with E-state index in [0.29, 0.717) is 25.9 Å². The number of hydrogen-bond donors (Lipinski definition) is 0. The van der Waals surface area contributed by atoms with Crippen LogP contribution in [0.3, 0.4) is 0 Å². The fraction of sp³-hybridized carbons (Fsp3) is 0.409. The lowest BCUT2D eigenvalue weighted by Gasteiger charge is -2.36. The Morgan fingerprint density at radius 2 is 1.87 bits per heavy atom. The quantitative estimate of drug-likeness (QED) is 0.650. The minimum Gasteiger partial charge on any atom is -0.497 e. The minimum absolute atomic E-state index is 0.0109. The number of carbonyl (C=O) groups excluding carboxylic acids is 1. The molecule has 8 heteroatoms. The fourth-order valence-electron chi connectivity index (χ4n) is 4.27. The van der Waals surface area contributed by atoms with Gasteiger partial charge in [0.2, 0.25) is 15.9 Å². The van der Waals surface area contributed by atoms with Crippen LogP contribution in [-0.4, -0.2) is 45.4 Å². The van der Waals surface area contributed by atoms with Gasteiger partial charge < -0.3 is 9.64 Å². The zero-order valence-corrected chi connectivity index (χ0v) is 19.3. The molecule has 1 saturated heterocycles. The molecule has 6 nitrogen and oxygen atoms in total. The zero-order chi connectivity index (χ0) is 21.3. The molecule has 30 heavy (non-hydrogen) atoms. The van der Waals surface area contributed by atoms with Crippen LogP contribution in [0.15, 0.2) is 51.8 Å². The SMILES string of the molecule is COc1ccc2c(c1)CCCN2C(=O)[C@H]1CCCN(S(=O)(=O)c2ccc(Br)cc2)C1. The summed E-state index contributed by atoms with van der Waals surface area (Å²) in [6.45, 7) is 1.32. The number of methoxy groups -OCH3 is 1. The third-order valence-corrected chi connectivity index (χ3v) is 8.26. The van der Waals surface area contributed by atoms with Gasteiger partial charge in [-0.2, -0.15) is 4.31 Å². The van der Waals surface area contributed by atoms with Gasteiger partial charge in [0.05, 0.1) is 17.9 Å². The second kappa shape index (κ2) is 8.69. The van der Waals surface area contributed by atoms with Gasteiger partial charge in [-0.15, -0.1) is 0 Å². The maximum atomic E-state index is 13.4. The number of nitrogens with zero attached hydrogens (tertiary/aromatic N) is 2. The van der Waals surface area contributed by atoms with E-state index in [0.717, 1.165) is 34.3 Å². The van der Waals surface area contributed by atoms with Gasteiger partial charge in [0.25, 0.3) is 0 Å². The van der Waals surface area contributed by atoms with Crippen LogP contribution in [0.1, 0.15) is 24.8 Å². The average molecular weight is 493 g/mol. The molecule has 0 N–H and O–H groups in total. The second-order valence-corrected chi connectivity index (χ2v) is 10.6. The summed E-state index contributed by atoms with van der Waals surface area (Å²) in [6.07, 6.45) is 3.17. The van der Waals surface area contributed by atoms with Gasteiger partial charge in [-0.3, -0.25) is 4.79 Å². The maximum Gasteiger partial charge on any atom is 0.243 e. The molecular weight excluding hydrogens is 468 g/mol. The number of halogens is 1. The van der Waals surface area contributed by atoms with Crippen molar-refractivity contribution in [3.63, 3.8) is 0 Å². The molecular formula is C22H25BrN2O4S. The maximum absolute atomic E-state index is 13.4. The highest BCUT2D eigenvalue weighted by atomic mass is 79.9. The lowest BCUT2D eigenvalue weighted by Crippen LogP contribution is -2.48. The number of benzene rings is 2. The first-order valence-electron chi connectivity index (χ1n) is 10.1. The summed E-state index contributed by atoms with van der Waals surface area (Å²) in [5.74, 6) is 0.460. The Morgan fingerprint density at radius 3 is 2.60 bits per heavy atom. The summed E-state index contributed by atoms with van der Waals surface area (Å²) in [4.78, 5) is 15.5. The predicted molar refractivity (Wildman–Crippen MR) is 119 cm³/mol. The molecule has 1 fully saturated rings. The highest BCUT2D eigenvalue weighted by Crippen LogP contribution is 2.33. The van der Waals surface area contributed by atoms with Crippen molar-refractivity contribution >= 4 is 37.5 Å². The number of rotatable bonds is 4. The van der Waals surface area contributed by atoms with E-state index in [4.69, 9.17) is 4.74 Å². The molecule has 2 aliphatic rings. The van der Waals surface area contributed by atoms with Crippen LogP contribution in [0.4, 0.5) is 5.69 Å². The molecule has 1 amide bonds. The number of carbonyl (C=O) groups is 1. The Kier molecular flexibility index (Phi) is 6.18. The van der Waals surface area contributed by atoms with Crippen molar-refractivity contribution in [1.29, 1.82) is 0 Å². The Bertz CT molecular complexity index is 1040. The lowest BCUT2D eigenvalue weighted by atomic mass is 9.95. The standard InChI is InChI=1S/C22H25BrN2O4S/c1-29-19-8-11-21-16(14-19)4-3-13-25(21)22(26)17-5-2-12-24(15-17)30(27,28)20-9-6-18(23)7-10-20/h6-11,14,17H,2-5,12-13,15H2,1H3/t17-/m0/s1. The number of piperidine rings is 1. The molecule has 0 aliphatic carbocycles. The van der Waals surface area contributed by atoms with E-state index >= 15 is 0 Å². The van der Waals surface area contributed by atoms with E-state index in [-0.39, 0.29) is 23.3 Å². The molecule has 0 saturated carbocycles. The molecule has 0 bridgehead atoms. The van der Waals surface area contributed by atoms with E-state index in [2.05, 4.69) is 15.9 Å². The van der Waals surface area contributed by atoms with Crippen molar-refractivity contribution in [1.82, 2.24) is 4.31 Å². The summed E-state index contributed by atoms with van der Waals surface area (Å²) < 4.78 is 33.8. The highest BCUT2D eigenvalue weighted by Gasteiger charge is 2.36. The van der Waals surface area contributed by atoms with Gasteiger partial charge in [0, 0.05) is 29.8 Å². The number of ether oxygens (including phenoxy) is 1.